The number of aromatic nitrogens is 5. The molecule has 12 rings (SSSR count). The summed E-state index contributed by atoms with van der Waals surface area (Å²) in [5.74, 6) is 1.21. The average molecular weight is 944 g/mol. The Hall–Kier alpha value is -8.62. The summed E-state index contributed by atoms with van der Waals surface area (Å²) in [6.07, 6.45) is -4.89. The quantitative estimate of drug-likeness (QED) is 0.160. The molecule has 350 valence electrons. The molecule has 0 aliphatic heterocycles. The van der Waals surface area contributed by atoms with E-state index in [9.17, 15) is 0 Å². The van der Waals surface area contributed by atoms with Crippen LogP contribution in [0.1, 0.15) is 39.5 Å². The fourth-order valence-electron chi connectivity index (χ4n) is 10.9. The Balaban J connectivity index is 1.28. The molecular formula is C64H48F3N5. The first-order chi connectivity index (χ1) is 34.8. The second-order valence-electron chi connectivity index (χ2n) is 19.0. The molecule has 0 bridgehead atoms. The minimum Gasteiger partial charge on any atom is -0.308 e. The SMILES string of the molecule is Cc1nc(C)nc(-c2cc(-n3c4cc(-c5ccccc5C)ccc4c4ccc(-c5ccccc5C)cc43)c(C(F)(F)F)c(-n3c4cc(-c5ccccc5C)ccc4c4ccc(-c5ccccc5C)cc43)c2)n1. The van der Waals surface area contributed by atoms with E-state index < -0.39 is 11.7 Å². The summed E-state index contributed by atoms with van der Waals surface area (Å²) in [5.41, 5.74) is 13.9. The fraction of sp³-hybridized carbons (Fsp3) is 0.109. The molecule has 3 aromatic heterocycles. The molecule has 0 radical (unpaired) electrons. The molecular weight excluding hydrogens is 896 g/mol. The Kier molecular flexibility index (Phi) is 10.6. The lowest BCUT2D eigenvalue weighted by Crippen LogP contribution is -2.16. The Morgan fingerprint density at radius 2 is 0.625 bits per heavy atom. The molecule has 0 aliphatic carbocycles. The van der Waals surface area contributed by atoms with E-state index in [4.69, 9.17) is 9.97 Å². The zero-order chi connectivity index (χ0) is 49.6. The van der Waals surface area contributed by atoms with Gasteiger partial charge in [0.25, 0.3) is 0 Å². The van der Waals surface area contributed by atoms with Gasteiger partial charge in [-0.2, -0.15) is 13.2 Å². The molecule has 0 amide bonds. The van der Waals surface area contributed by atoms with Gasteiger partial charge in [0, 0.05) is 27.1 Å². The number of benzene rings is 9. The van der Waals surface area contributed by atoms with Gasteiger partial charge in [0.15, 0.2) is 5.82 Å². The van der Waals surface area contributed by atoms with E-state index in [1.165, 1.54) is 0 Å². The van der Waals surface area contributed by atoms with Crippen molar-refractivity contribution >= 4 is 43.6 Å². The summed E-state index contributed by atoms with van der Waals surface area (Å²) in [4.78, 5) is 14.1. The van der Waals surface area contributed by atoms with E-state index in [1.54, 1.807) is 26.0 Å². The van der Waals surface area contributed by atoms with Crippen molar-refractivity contribution in [2.75, 3.05) is 0 Å². The van der Waals surface area contributed by atoms with Crippen molar-refractivity contribution in [3.05, 3.63) is 221 Å². The van der Waals surface area contributed by atoms with Crippen LogP contribution in [0.15, 0.2) is 182 Å². The van der Waals surface area contributed by atoms with E-state index in [2.05, 4.69) is 105 Å². The van der Waals surface area contributed by atoms with Gasteiger partial charge in [-0.15, -0.1) is 0 Å². The first-order valence-corrected chi connectivity index (χ1v) is 24.2. The van der Waals surface area contributed by atoms with Gasteiger partial charge in [0.1, 0.15) is 17.2 Å². The van der Waals surface area contributed by atoms with Gasteiger partial charge in [-0.3, -0.25) is 0 Å². The topological polar surface area (TPSA) is 48.5 Å². The lowest BCUT2D eigenvalue weighted by molar-refractivity contribution is -0.137. The highest BCUT2D eigenvalue weighted by Gasteiger charge is 2.40. The van der Waals surface area contributed by atoms with Crippen LogP contribution in [0.25, 0.3) is 111 Å². The van der Waals surface area contributed by atoms with Crippen molar-refractivity contribution in [2.24, 2.45) is 0 Å². The maximum atomic E-state index is 17.3. The van der Waals surface area contributed by atoms with Gasteiger partial charge in [-0.1, -0.05) is 146 Å². The molecule has 5 nitrogen and oxygen atoms in total. The van der Waals surface area contributed by atoms with Gasteiger partial charge in [-0.05, 0) is 145 Å². The summed E-state index contributed by atoms with van der Waals surface area (Å²) < 4.78 is 55.5. The molecule has 9 aromatic carbocycles. The summed E-state index contributed by atoms with van der Waals surface area (Å²) >= 11 is 0. The summed E-state index contributed by atoms with van der Waals surface area (Å²) in [7, 11) is 0. The summed E-state index contributed by atoms with van der Waals surface area (Å²) in [6.45, 7) is 11.8. The molecule has 8 heteroatoms. The van der Waals surface area contributed by atoms with Crippen molar-refractivity contribution < 1.29 is 13.2 Å². The van der Waals surface area contributed by atoms with Gasteiger partial charge in [0.2, 0.25) is 0 Å². The first-order valence-electron chi connectivity index (χ1n) is 24.2. The summed E-state index contributed by atoms with van der Waals surface area (Å²) in [5, 5.41) is 3.31. The maximum Gasteiger partial charge on any atom is 0.420 e. The standard InChI is InChI=1S/C64H48F3N5/c1-37-15-7-11-19-48(37)43-23-27-52-53-28-24-44(49-20-12-8-16-38(49)2)32-57(53)71(56(52)31-43)60-35-47(63-69-41(5)68-42(6)70-63)36-61(62(60)64(65,66)67)72-58-33-45(50-21-13-9-17-39(50)3)25-29-54(58)55-30-26-46(34-59(55)72)51-22-14-10-18-40(51)4/h7-36H,1-6H3. The molecule has 12 aromatic rings. The van der Waals surface area contributed by atoms with Crippen LogP contribution in [-0.4, -0.2) is 24.1 Å². The van der Waals surface area contributed by atoms with Gasteiger partial charge in [0.05, 0.1) is 33.4 Å². The number of aryl methyl sites for hydroxylation is 6. The normalized spacial score (nSPS) is 12.0. The van der Waals surface area contributed by atoms with Crippen LogP contribution < -0.4 is 0 Å². The van der Waals surface area contributed by atoms with Crippen LogP contribution in [-0.2, 0) is 6.18 Å². The fourth-order valence-corrected chi connectivity index (χ4v) is 10.9. The average Bonchev–Trinajstić information content (AvgIpc) is 3.87. The number of alkyl halides is 3. The third kappa shape index (κ3) is 7.44. The lowest BCUT2D eigenvalue weighted by atomic mass is 9.98. The second kappa shape index (κ2) is 17.1. The smallest absolute Gasteiger partial charge is 0.308 e. The maximum absolute atomic E-state index is 17.3. The Morgan fingerprint density at radius 3 is 0.903 bits per heavy atom. The third-order valence-corrected chi connectivity index (χ3v) is 14.3. The van der Waals surface area contributed by atoms with Crippen molar-refractivity contribution in [1.82, 2.24) is 24.1 Å². The number of nitrogens with zero attached hydrogens (tertiary/aromatic N) is 5. The molecule has 3 heterocycles. The number of fused-ring (bicyclic) bond motifs is 6. The van der Waals surface area contributed by atoms with Crippen molar-refractivity contribution in [3.8, 4) is 67.3 Å². The van der Waals surface area contributed by atoms with E-state index in [0.717, 1.165) is 88.3 Å². The molecule has 0 spiro atoms. The zero-order valence-electron chi connectivity index (χ0n) is 40.7. The van der Waals surface area contributed by atoms with E-state index in [1.807, 2.05) is 106 Å². The van der Waals surface area contributed by atoms with Crippen LogP contribution in [0.2, 0.25) is 0 Å². The highest BCUT2D eigenvalue weighted by Crippen LogP contribution is 2.48. The van der Waals surface area contributed by atoms with E-state index in [-0.39, 0.29) is 17.2 Å². The van der Waals surface area contributed by atoms with Crippen LogP contribution in [0.4, 0.5) is 13.2 Å². The number of rotatable bonds is 7. The summed E-state index contributed by atoms with van der Waals surface area (Å²) in [6, 6.07) is 60.3. The van der Waals surface area contributed by atoms with E-state index >= 15 is 13.2 Å². The van der Waals surface area contributed by atoms with Crippen LogP contribution in [0, 0.1) is 41.5 Å². The molecule has 0 saturated heterocycles. The van der Waals surface area contributed by atoms with Gasteiger partial charge in [-0.25, -0.2) is 15.0 Å². The number of hydrogen-bond donors (Lipinski definition) is 0. The zero-order valence-corrected chi connectivity index (χ0v) is 40.7. The minimum atomic E-state index is -4.89. The molecule has 0 N–H and O–H groups in total. The molecule has 0 aliphatic rings. The minimum absolute atomic E-state index is 0.0466. The monoisotopic (exact) mass is 943 g/mol. The predicted molar refractivity (Wildman–Crippen MR) is 289 cm³/mol. The van der Waals surface area contributed by atoms with Crippen molar-refractivity contribution in [3.63, 3.8) is 0 Å². The van der Waals surface area contributed by atoms with E-state index in [0.29, 0.717) is 39.3 Å². The predicted octanol–water partition coefficient (Wildman–Crippen LogP) is 17.3. The van der Waals surface area contributed by atoms with Crippen LogP contribution >= 0.6 is 0 Å². The molecule has 0 unspecified atom stereocenters. The highest BCUT2D eigenvalue weighted by atomic mass is 19.4. The number of hydrogen-bond acceptors (Lipinski definition) is 3. The lowest BCUT2D eigenvalue weighted by Gasteiger charge is -2.23. The highest BCUT2D eigenvalue weighted by molar-refractivity contribution is 6.13. The third-order valence-electron chi connectivity index (χ3n) is 14.3. The van der Waals surface area contributed by atoms with Crippen molar-refractivity contribution in [1.29, 1.82) is 0 Å². The Bertz CT molecular complexity index is 3710. The van der Waals surface area contributed by atoms with Crippen LogP contribution in [0.3, 0.4) is 0 Å². The van der Waals surface area contributed by atoms with Crippen LogP contribution in [0.5, 0.6) is 0 Å². The Labute approximate surface area is 415 Å². The van der Waals surface area contributed by atoms with Crippen molar-refractivity contribution in [2.45, 2.75) is 47.7 Å². The largest absolute Gasteiger partial charge is 0.420 e. The molecule has 0 fully saturated rings. The van der Waals surface area contributed by atoms with Gasteiger partial charge < -0.3 is 9.13 Å². The molecule has 72 heavy (non-hydrogen) atoms. The molecule has 0 saturated carbocycles. The second-order valence-corrected chi connectivity index (χ2v) is 19.0. The Morgan fingerprint density at radius 1 is 0.333 bits per heavy atom. The first kappa shape index (κ1) is 44.6. The van der Waals surface area contributed by atoms with Gasteiger partial charge >= 0.3 is 6.18 Å². The molecule has 0 atom stereocenters. The number of halogens is 3.